The lowest BCUT2D eigenvalue weighted by Gasteiger charge is -2.13. The van der Waals surface area contributed by atoms with Crippen molar-refractivity contribution in [1.82, 2.24) is 0 Å². The second-order valence-electron chi connectivity index (χ2n) is 3.84. The van der Waals surface area contributed by atoms with Crippen LogP contribution in [0, 0.1) is 11.6 Å². The van der Waals surface area contributed by atoms with E-state index in [9.17, 15) is 13.6 Å². The molecule has 92 valence electrons. The second-order valence-corrected chi connectivity index (χ2v) is 4.21. The molecule has 0 fully saturated rings. The fourth-order valence-electron chi connectivity index (χ4n) is 1.76. The summed E-state index contributed by atoms with van der Waals surface area (Å²) in [6, 6.07) is 11.0. The molecule has 0 bridgehead atoms. The van der Waals surface area contributed by atoms with E-state index in [0.717, 1.165) is 0 Å². The van der Waals surface area contributed by atoms with Gasteiger partial charge in [-0.2, -0.15) is 0 Å². The lowest BCUT2D eigenvalue weighted by Crippen LogP contribution is -2.08. The van der Waals surface area contributed by atoms with Gasteiger partial charge < -0.3 is 0 Å². The van der Waals surface area contributed by atoms with E-state index in [1.165, 1.54) is 48.5 Å². The summed E-state index contributed by atoms with van der Waals surface area (Å²) in [5.41, 5.74) is 1.14. The zero-order chi connectivity index (χ0) is 13.1. The molecule has 4 heteroatoms. The third-order valence-electron chi connectivity index (χ3n) is 2.63. The van der Waals surface area contributed by atoms with Gasteiger partial charge >= 0.3 is 0 Å². The predicted octanol–water partition coefficient (Wildman–Crippen LogP) is 3.86. The molecule has 0 N–H and O–H groups in total. The number of carbonyl (C=O) groups is 1. The van der Waals surface area contributed by atoms with Crippen molar-refractivity contribution < 1.29 is 13.6 Å². The SMILES string of the molecule is O=C(Cl)C(c1ccc(F)cc1)c1ccc(F)cc1. The van der Waals surface area contributed by atoms with Crippen LogP contribution in [0.4, 0.5) is 8.78 Å². The zero-order valence-electron chi connectivity index (χ0n) is 9.24. The van der Waals surface area contributed by atoms with Crippen molar-refractivity contribution in [3.05, 3.63) is 71.3 Å². The lowest BCUT2D eigenvalue weighted by molar-refractivity contribution is -0.112. The predicted molar refractivity (Wildman–Crippen MR) is 65.5 cm³/mol. The minimum atomic E-state index is -0.715. The molecule has 18 heavy (non-hydrogen) atoms. The molecular weight excluding hydrogens is 258 g/mol. The van der Waals surface area contributed by atoms with Crippen LogP contribution in [-0.4, -0.2) is 5.24 Å². The quantitative estimate of drug-likeness (QED) is 0.771. The van der Waals surface area contributed by atoms with Crippen LogP contribution in [0.15, 0.2) is 48.5 Å². The second kappa shape index (κ2) is 5.27. The topological polar surface area (TPSA) is 17.1 Å². The van der Waals surface area contributed by atoms with E-state index >= 15 is 0 Å². The van der Waals surface area contributed by atoms with Crippen LogP contribution in [0.2, 0.25) is 0 Å². The molecule has 0 atom stereocenters. The van der Waals surface area contributed by atoms with Crippen molar-refractivity contribution >= 4 is 16.8 Å². The lowest BCUT2D eigenvalue weighted by atomic mass is 9.92. The van der Waals surface area contributed by atoms with Gasteiger partial charge in [-0.1, -0.05) is 24.3 Å². The van der Waals surface area contributed by atoms with Crippen molar-refractivity contribution in [3.63, 3.8) is 0 Å². The molecule has 2 rings (SSSR count). The van der Waals surface area contributed by atoms with Crippen LogP contribution in [0.25, 0.3) is 0 Å². The van der Waals surface area contributed by atoms with Crippen molar-refractivity contribution in [2.24, 2.45) is 0 Å². The van der Waals surface area contributed by atoms with Gasteiger partial charge in [-0.3, -0.25) is 4.79 Å². The van der Waals surface area contributed by atoms with Crippen LogP contribution in [-0.2, 0) is 4.79 Å². The Morgan fingerprint density at radius 3 is 1.44 bits per heavy atom. The fourth-order valence-corrected chi connectivity index (χ4v) is 2.02. The van der Waals surface area contributed by atoms with Gasteiger partial charge in [0.2, 0.25) is 5.24 Å². The van der Waals surface area contributed by atoms with E-state index in [2.05, 4.69) is 0 Å². The first kappa shape index (κ1) is 12.7. The van der Waals surface area contributed by atoms with Gasteiger partial charge in [-0.25, -0.2) is 8.78 Å². The van der Waals surface area contributed by atoms with Crippen LogP contribution >= 0.6 is 11.6 Å². The van der Waals surface area contributed by atoms with E-state index < -0.39 is 22.8 Å². The Kier molecular flexibility index (Phi) is 3.72. The number of hydrogen-bond acceptors (Lipinski definition) is 1. The molecule has 0 aliphatic carbocycles. The summed E-state index contributed by atoms with van der Waals surface area (Å²) in [5, 5.41) is -0.590. The molecule has 0 amide bonds. The maximum Gasteiger partial charge on any atom is 0.233 e. The van der Waals surface area contributed by atoms with E-state index in [0.29, 0.717) is 11.1 Å². The Morgan fingerprint density at radius 2 is 1.17 bits per heavy atom. The standard InChI is InChI=1S/C14H9ClF2O/c15-14(18)13(9-1-5-11(16)6-2-9)10-3-7-12(17)8-4-10/h1-8,13H. The summed E-state index contributed by atoms with van der Waals surface area (Å²) in [5.74, 6) is -1.50. The Hall–Kier alpha value is -1.74. The number of benzene rings is 2. The third-order valence-corrected chi connectivity index (χ3v) is 2.85. The van der Waals surface area contributed by atoms with Gasteiger partial charge in [-0.15, -0.1) is 0 Å². The summed E-state index contributed by atoms with van der Waals surface area (Å²) in [6.45, 7) is 0. The monoisotopic (exact) mass is 266 g/mol. The number of carbonyl (C=O) groups excluding carboxylic acids is 1. The molecule has 0 saturated heterocycles. The Morgan fingerprint density at radius 1 is 0.833 bits per heavy atom. The molecule has 0 aliphatic rings. The minimum absolute atomic E-state index is 0.390. The largest absolute Gasteiger partial charge is 0.280 e. The summed E-state index contributed by atoms with van der Waals surface area (Å²) >= 11 is 5.57. The first-order valence-electron chi connectivity index (χ1n) is 5.28. The fraction of sp³-hybridized carbons (Fsp3) is 0.0714. The van der Waals surface area contributed by atoms with Gasteiger partial charge in [-0.05, 0) is 47.0 Å². The third kappa shape index (κ3) is 2.74. The van der Waals surface area contributed by atoms with Crippen molar-refractivity contribution in [2.45, 2.75) is 5.92 Å². The van der Waals surface area contributed by atoms with Crippen LogP contribution in [0.1, 0.15) is 17.0 Å². The molecule has 0 heterocycles. The van der Waals surface area contributed by atoms with E-state index in [1.807, 2.05) is 0 Å². The Labute approximate surface area is 108 Å². The normalized spacial score (nSPS) is 10.7. The summed E-state index contributed by atoms with van der Waals surface area (Å²) in [6.07, 6.45) is 0. The number of hydrogen-bond donors (Lipinski definition) is 0. The van der Waals surface area contributed by atoms with Crippen molar-refractivity contribution in [1.29, 1.82) is 0 Å². The highest BCUT2D eigenvalue weighted by Crippen LogP contribution is 2.27. The molecule has 2 aromatic carbocycles. The maximum absolute atomic E-state index is 12.8. The number of rotatable bonds is 3. The van der Waals surface area contributed by atoms with E-state index in [1.54, 1.807) is 0 Å². The Balaban J connectivity index is 2.43. The molecule has 2 aromatic rings. The number of halogens is 3. The first-order valence-corrected chi connectivity index (χ1v) is 5.66. The summed E-state index contributed by atoms with van der Waals surface area (Å²) < 4.78 is 25.7. The maximum atomic E-state index is 12.8. The summed E-state index contributed by atoms with van der Waals surface area (Å²) in [4.78, 5) is 11.5. The molecule has 0 aromatic heterocycles. The smallest absolute Gasteiger partial charge is 0.233 e. The van der Waals surface area contributed by atoms with Crippen LogP contribution in [0.5, 0.6) is 0 Å². The highest BCUT2D eigenvalue weighted by atomic mass is 35.5. The Bertz CT molecular complexity index is 504. The molecule has 0 aliphatic heterocycles. The van der Waals surface area contributed by atoms with Crippen molar-refractivity contribution in [3.8, 4) is 0 Å². The summed E-state index contributed by atoms with van der Waals surface area (Å²) in [7, 11) is 0. The average molecular weight is 267 g/mol. The highest BCUT2D eigenvalue weighted by molar-refractivity contribution is 6.65. The minimum Gasteiger partial charge on any atom is -0.280 e. The molecule has 0 saturated carbocycles. The van der Waals surface area contributed by atoms with Crippen LogP contribution < -0.4 is 0 Å². The molecule has 0 spiro atoms. The van der Waals surface area contributed by atoms with Gasteiger partial charge in [0.1, 0.15) is 11.6 Å². The highest BCUT2D eigenvalue weighted by Gasteiger charge is 2.20. The zero-order valence-corrected chi connectivity index (χ0v) is 9.99. The molecule has 0 radical (unpaired) electrons. The average Bonchev–Trinajstić information content (AvgIpc) is 2.34. The van der Waals surface area contributed by atoms with Crippen LogP contribution in [0.3, 0.4) is 0 Å². The van der Waals surface area contributed by atoms with Gasteiger partial charge in [0.25, 0.3) is 0 Å². The molecular formula is C14H9ClF2O. The van der Waals surface area contributed by atoms with Crippen molar-refractivity contribution in [2.75, 3.05) is 0 Å². The van der Waals surface area contributed by atoms with E-state index in [4.69, 9.17) is 11.6 Å². The molecule has 1 nitrogen and oxygen atoms in total. The first-order chi connectivity index (χ1) is 8.58. The molecule has 0 unspecified atom stereocenters. The van der Waals surface area contributed by atoms with Gasteiger partial charge in [0.15, 0.2) is 0 Å². The van der Waals surface area contributed by atoms with Gasteiger partial charge in [0.05, 0.1) is 5.92 Å². The van der Waals surface area contributed by atoms with Gasteiger partial charge in [0, 0.05) is 0 Å². The van der Waals surface area contributed by atoms with E-state index in [-0.39, 0.29) is 0 Å².